The van der Waals surface area contributed by atoms with Gasteiger partial charge in [0.05, 0.1) is 6.54 Å². The minimum absolute atomic E-state index is 0.133. The van der Waals surface area contributed by atoms with Crippen LogP contribution in [0.4, 0.5) is 0 Å². The number of hydrogen-bond donors (Lipinski definition) is 0. The highest BCUT2D eigenvalue weighted by Gasteiger charge is 2.10. The van der Waals surface area contributed by atoms with Crippen molar-refractivity contribution >= 4 is 0 Å². The zero-order valence-electron chi connectivity index (χ0n) is 14.1. The van der Waals surface area contributed by atoms with Crippen LogP contribution in [-0.4, -0.2) is 9.13 Å². The Labute approximate surface area is 133 Å². The molecule has 1 aromatic carbocycles. The Hall–Kier alpha value is -1.77. The van der Waals surface area contributed by atoms with Gasteiger partial charge in [-0.15, -0.1) is 0 Å². The highest BCUT2D eigenvalue weighted by Crippen LogP contribution is 2.08. The van der Waals surface area contributed by atoms with E-state index in [0.717, 1.165) is 25.1 Å². The predicted molar refractivity (Wildman–Crippen MR) is 92.5 cm³/mol. The molecule has 0 spiro atoms. The Balaban J connectivity index is 2.13. The lowest BCUT2D eigenvalue weighted by atomic mass is 10.1. The van der Waals surface area contributed by atoms with Crippen LogP contribution in [0.1, 0.15) is 56.4 Å². The van der Waals surface area contributed by atoms with E-state index in [1.54, 1.807) is 0 Å². The first-order valence-electron chi connectivity index (χ1n) is 8.50. The third kappa shape index (κ3) is 4.12. The van der Waals surface area contributed by atoms with E-state index in [2.05, 4.69) is 45.0 Å². The fourth-order valence-electron chi connectivity index (χ4n) is 2.80. The molecule has 2 rings (SSSR count). The maximum absolute atomic E-state index is 12.6. The smallest absolute Gasteiger partial charge is 0.296 e. The topological polar surface area (TPSA) is 26.9 Å². The Morgan fingerprint density at radius 3 is 2.36 bits per heavy atom. The first-order chi connectivity index (χ1) is 10.7. The monoisotopic (exact) mass is 300 g/mol. The molecule has 0 amide bonds. The van der Waals surface area contributed by atoms with E-state index in [4.69, 9.17) is 0 Å². The van der Waals surface area contributed by atoms with Crippen molar-refractivity contribution in [2.24, 2.45) is 0 Å². The third-order valence-electron chi connectivity index (χ3n) is 4.20. The van der Waals surface area contributed by atoms with Gasteiger partial charge >= 0.3 is 5.69 Å². The van der Waals surface area contributed by atoms with Gasteiger partial charge in [0.1, 0.15) is 0 Å². The largest absolute Gasteiger partial charge is 0.328 e. The summed E-state index contributed by atoms with van der Waals surface area (Å²) in [7, 11) is 0. The molecule has 22 heavy (non-hydrogen) atoms. The first-order valence-corrected chi connectivity index (χ1v) is 8.50. The first kappa shape index (κ1) is 16.6. The summed E-state index contributed by atoms with van der Waals surface area (Å²) in [6, 6.07) is 8.41. The number of unbranched alkanes of at least 4 members (excludes halogenated alkanes) is 3. The van der Waals surface area contributed by atoms with E-state index in [0.29, 0.717) is 6.54 Å². The summed E-state index contributed by atoms with van der Waals surface area (Å²) in [5.74, 6) is 0. The van der Waals surface area contributed by atoms with Gasteiger partial charge in [-0.1, -0.05) is 62.9 Å². The molecule has 0 saturated carbocycles. The Bertz CT molecular complexity index is 634. The number of nitrogens with zero attached hydrogens (tertiary/aromatic N) is 2. The summed E-state index contributed by atoms with van der Waals surface area (Å²) in [5, 5.41) is 0. The molecule has 0 aliphatic heterocycles. The summed E-state index contributed by atoms with van der Waals surface area (Å²) in [6.07, 6.45) is 7.71. The van der Waals surface area contributed by atoms with E-state index in [9.17, 15) is 4.79 Å². The lowest BCUT2D eigenvalue weighted by Crippen LogP contribution is -2.25. The average molecular weight is 300 g/mol. The van der Waals surface area contributed by atoms with Crippen LogP contribution in [0.5, 0.6) is 0 Å². The lowest BCUT2D eigenvalue weighted by molar-refractivity contribution is 0.549. The van der Waals surface area contributed by atoms with E-state index in [1.807, 2.05) is 15.3 Å². The van der Waals surface area contributed by atoms with Crippen LogP contribution in [-0.2, 0) is 19.5 Å². The van der Waals surface area contributed by atoms with Crippen LogP contribution < -0.4 is 5.69 Å². The highest BCUT2D eigenvalue weighted by molar-refractivity contribution is 5.21. The molecule has 3 heteroatoms. The standard InChI is InChI=1S/C19H28N2O/c1-4-6-7-8-13-21-18(5-2)15-20(19(21)22)14-17-11-9-16(3)10-12-17/h9-12,15H,4-8,13-14H2,1-3H3. The van der Waals surface area contributed by atoms with Crippen LogP contribution in [0.3, 0.4) is 0 Å². The van der Waals surface area contributed by atoms with Crippen molar-refractivity contribution in [3.63, 3.8) is 0 Å². The van der Waals surface area contributed by atoms with Crippen LogP contribution in [0.25, 0.3) is 0 Å². The summed E-state index contributed by atoms with van der Waals surface area (Å²) >= 11 is 0. The van der Waals surface area contributed by atoms with Gasteiger partial charge in [0.2, 0.25) is 0 Å². The predicted octanol–water partition coefficient (Wildman–Crippen LogP) is 4.15. The zero-order valence-corrected chi connectivity index (χ0v) is 14.1. The quantitative estimate of drug-likeness (QED) is 0.673. The number of benzene rings is 1. The molecule has 2 aromatic rings. The number of hydrogen-bond acceptors (Lipinski definition) is 1. The number of imidazole rings is 1. The molecule has 0 bridgehead atoms. The van der Waals surface area contributed by atoms with Gasteiger partial charge in [0.15, 0.2) is 0 Å². The molecule has 0 saturated heterocycles. The second-order valence-electron chi connectivity index (χ2n) is 6.08. The fraction of sp³-hybridized carbons (Fsp3) is 0.526. The van der Waals surface area contributed by atoms with Gasteiger partial charge in [0, 0.05) is 18.4 Å². The molecule has 0 aliphatic carbocycles. The number of aromatic nitrogens is 2. The molecule has 1 heterocycles. The van der Waals surface area contributed by atoms with E-state index >= 15 is 0 Å². The molecule has 0 radical (unpaired) electrons. The van der Waals surface area contributed by atoms with Gasteiger partial charge in [-0.2, -0.15) is 0 Å². The highest BCUT2D eigenvalue weighted by atomic mass is 16.1. The minimum atomic E-state index is 0.133. The Kier molecular flexibility index (Phi) is 6.05. The van der Waals surface area contributed by atoms with Crippen LogP contribution in [0, 0.1) is 6.92 Å². The maximum atomic E-state index is 12.6. The van der Waals surface area contributed by atoms with Crippen molar-refractivity contribution in [1.29, 1.82) is 0 Å². The Morgan fingerprint density at radius 1 is 1.00 bits per heavy atom. The molecule has 120 valence electrons. The molecule has 0 atom stereocenters. The second kappa shape index (κ2) is 8.02. The van der Waals surface area contributed by atoms with E-state index in [1.165, 1.54) is 30.4 Å². The maximum Gasteiger partial charge on any atom is 0.328 e. The van der Waals surface area contributed by atoms with Gasteiger partial charge in [-0.05, 0) is 25.3 Å². The number of aryl methyl sites for hydroxylation is 2. The van der Waals surface area contributed by atoms with E-state index < -0.39 is 0 Å². The summed E-state index contributed by atoms with van der Waals surface area (Å²) in [5.41, 5.74) is 3.71. The SMILES string of the molecule is CCCCCCn1c(CC)cn(Cc2ccc(C)cc2)c1=O. The van der Waals surface area contributed by atoms with Gasteiger partial charge < -0.3 is 0 Å². The summed E-state index contributed by atoms with van der Waals surface area (Å²) < 4.78 is 3.81. The van der Waals surface area contributed by atoms with E-state index in [-0.39, 0.29) is 5.69 Å². The molecular weight excluding hydrogens is 272 g/mol. The second-order valence-corrected chi connectivity index (χ2v) is 6.08. The van der Waals surface area contributed by atoms with Gasteiger partial charge in [-0.3, -0.25) is 9.13 Å². The molecule has 0 unspecified atom stereocenters. The minimum Gasteiger partial charge on any atom is -0.296 e. The fourth-order valence-corrected chi connectivity index (χ4v) is 2.80. The summed E-state index contributed by atoms with van der Waals surface area (Å²) in [4.78, 5) is 12.6. The van der Waals surface area contributed by atoms with Gasteiger partial charge in [0.25, 0.3) is 0 Å². The van der Waals surface area contributed by atoms with Crippen molar-refractivity contribution in [3.8, 4) is 0 Å². The normalized spacial score (nSPS) is 11.0. The van der Waals surface area contributed by atoms with Crippen molar-refractivity contribution in [2.75, 3.05) is 0 Å². The van der Waals surface area contributed by atoms with Crippen molar-refractivity contribution in [1.82, 2.24) is 9.13 Å². The average Bonchev–Trinajstić information content (AvgIpc) is 2.82. The Morgan fingerprint density at radius 2 is 1.73 bits per heavy atom. The van der Waals surface area contributed by atoms with Crippen molar-refractivity contribution in [2.45, 2.75) is 66.0 Å². The summed E-state index contributed by atoms with van der Waals surface area (Å²) in [6.45, 7) is 7.92. The molecule has 0 fully saturated rings. The molecule has 0 aliphatic rings. The molecule has 0 N–H and O–H groups in total. The molecule has 1 aromatic heterocycles. The lowest BCUT2D eigenvalue weighted by Gasteiger charge is -2.05. The van der Waals surface area contributed by atoms with Crippen molar-refractivity contribution < 1.29 is 0 Å². The zero-order chi connectivity index (χ0) is 15.9. The van der Waals surface area contributed by atoms with Crippen LogP contribution >= 0.6 is 0 Å². The number of rotatable bonds is 8. The third-order valence-corrected chi connectivity index (χ3v) is 4.20. The van der Waals surface area contributed by atoms with Crippen LogP contribution in [0.15, 0.2) is 35.3 Å². The van der Waals surface area contributed by atoms with Gasteiger partial charge in [-0.25, -0.2) is 4.79 Å². The molecular formula is C19H28N2O. The molecule has 3 nitrogen and oxygen atoms in total. The van der Waals surface area contributed by atoms with Crippen molar-refractivity contribution in [3.05, 3.63) is 57.8 Å². The van der Waals surface area contributed by atoms with Crippen LogP contribution in [0.2, 0.25) is 0 Å².